The summed E-state index contributed by atoms with van der Waals surface area (Å²) in [5.74, 6) is -1.33. The molecule has 2 saturated heterocycles. The number of rotatable bonds is 5. The number of morpholine rings is 1. The van der Waals surface area contributed by atoms with Gasteiger partial charge in [0.25, 0.3) is 5.91 Å². The fourth-order valence-electron chi connectivity index (χ4n) is 4.62. The fourth-order valence-corrected chi connectivity index (χ4v) is 4.62. The fraction of sp³-hybridized carbons (Fsp3) is 0.458. The second kappa shape index (κ2) is 9.32. The van der Waals surface area contributed by atoms with Crippen molar-refractivity contribution < 1.29 is 23.4 Å². The number of nitrogens with zero attached hydrogens (tertiary/aromatic N) is 2. The van der Waals surface area contributed by atoms with Crippen molar-refractivity contribution in [3.63, 3.8) is 0 Å². The van der Waals surface area contributed by atoms with E-state index in [1.165, 1.54) is 12.1 Å². The molecule has 7 heteroatoms. The summed E-state index contributed by atoms with van der Waals surface area (Å²) in [7, 11) is 0. The number of hydrogen-bond acceptors (Lipinski definition) is 4. The summed E-state index contributed by atoms with van der Waals surface area (Å²) in [6.45, 7) is 3.68. The van der Waals surface area contributed by atoms with Crippen molar-refractivity contribution in [3.8, 4) is 0 Å². The number of piperidine rings is 1. The van der Waals surface area contributed by atoms with Crippen LogP contribution in [0.2, 0.25) is 0 Å². The summed E-state index contributed by atoms with van der Waals surface area (Å²) < 4.78 is 32.9. The zero-order valence-corrected chi connectivity index (χ0v) is 17.5. The molecule has 2 aliphatic rings. The van der Waals surface area contributed by atoms with Crippen molar-refractivity contribution in [2.24, 2.45) is 5.41 Å². The van der Waals surface area contributed by atoms with E-state index in [4.69, 9.17) is 4.74 Å². The van der Waals surface area contributed by atoms with Crippen LogP contribution in [0.1, 0.15) is 28.8 Å². The van der Waals surface area contributed by atoms with Crippen LogP contribution in [0, 0.1) is 17.0 Å². The highest BCUT2D eigenvalue weighted by Crippen LogP contribution is 2.35. The van der Waals surface area contributed by atoms with Crippen LogP contribution in [0.3, 0.4) is 0 Å². The van der Waals surface area contributed by atoms with Crippen LogP contribution in [-0.2, 0) is 11.2 Å². The van der Waals surface area contributed by atoms with E-state index in [0.717, 1.165) is 31.3 Å². The van der Waals surface area contributed by atoms with Gasteiger partial charge >= 0.3 is 0 Å². The Morgan fingerprint density at radius 1 is 1.10 bits per heavy atom. The van der Waals surface area contributed by atoms with Crippen LogP contribution in [-0.4, -0.2) is 61.9 Å². The van der Waals surface area contributed by atoms with E-state index in [0.29, 0.717) is 43.9 Å². The van der Waals surface area contributed by atoms with E-state index in [1.807, 2.05) is 18.2 Å². The Morgan fingerprint density at radius 3 is 2.65 bits per heavy atom. The predicted molar refractivity (Wildman–Crippen MR) is 114 cm³/mol. The molecule has 0 spiro atoms. The Balaban J connectivity index is 1.51. The lowest BCUT2D eigenvalue weighted by Crippen LogP contribution is -2.49. The third kappa shape index (κ3) is 4.88. The number of carbonyl (C=O) groups excluding carboxylic acids is 1. The number of benzene rings is 2. The van der Waals surface area contributed by atoms with E-state index in [1.54, 1.807) is 11.0 Å². The second-order valence-electron chi connectivity index (χ2n) is 8.55. The van der Waals surface area contributed by atoms with Gasteiger partial charge in [0, 0.05) is 48.9 Å². The average molecular weight is 430 g/mol. The lowest BCUT2D eigenvalue weighted by molar-refractivity contribution is 0.0268. The van der Waals surface area contributed by atoms with Crippen molar-refractivity contribution in [3.05, 3.63) is 65.2 Å². The molecule has 2 heterocycles. The minimum absolute atomic E-state index is 0.0905. The Labute approximate surface area is 181 Å². The van der Waals surface area contributed by atoms with E-state index in [-0.39, 0.29) is 18.9 Å². The molecule has 1 atom stereocenters. The van der Waals surface area contributed by atoms with Crippen LogP contribution in [0.25, 0.3) is 0 Å². The Morgan fingerprint density at radius 2 is 1.90 bits per heavy atom. The van der Waals surface area contributed by atoms with Crippen LogP contribution >= 0.6 is 0 Å². The summed E-state index contributed by atoms with van der Waals surface area (Å²) >= 11 is 0. The largest absolute Gasteiger partial charge is 0.396 e. The molecule has 1 N–H and O–H groups in total. The van der Waals surface area contributed by atoms with Crippen molar-refractivity contribution in [1.29, 1.82) is 0 Å². The number of ether oxygens (including phenoxy) is 1. The molecule has 5 nitrogen and oxygen atoms in total. The molecule has 31 heavy (non-hydrogen) atoms. The van der Waals surface area contributed by atoms with Gasteiger partial charge in [-0.1, -0.05) is 12.1 Å². The van der Waals surface area contributed by atoms with Gasteiger partial charge in [0.05, 0.1) is 19.8 Å². The predicted octanol–water partition coefficient (Wildman–Crippen LogP) is 3.26. The smallest absolute Gasteiger partial charge is 0.253 e. The summed E-state index contributed by atoms with van der Waals surface area (Å²) in [4.78, 5) is 17.2. The van der Waals surface area contributed by atoms with Crippen LogP contribution in [0.15, 0.2) is 42.5 Å². The van der Waals surface area contributed by atoms with Gasteiger partial charge in [0.1, 0.15) is 11.6 Å². The third-order valence-corrected chi connectivity index (χ3v) is 6.33. The van der Waals surface area contributed by atoms with Gasteiger partial charge in [-0.25, -0.2) is 8.78 Å². The normalized spacial score (nSPS) is 21.9. The van der Waals surface area contributed by atoms with Crippen molar-refractivity contribution >= 4 is 11.6 Å². The van der Waals surface area contributed by atoms with Gasteiger partial charge in [0.2, 0.25) is 0 Å². The number of aliphatic hydroxyl groups excluding tert-OH is 1. The van der Waals surface area contributed by atoms with Crippen LogP contribution in [0.4, 0.5) is 14.5 Å². The van der Waals surface area contributed by atoms with Crippen molar-refractivity contribution in [2.75, 3.05) is 50.9 Å². The molecule has 2 aliphatic heterocycles. The molecule has 166 valence electrons. The lowest BCUT2D eigenvalue weighted by Gasteiger charge is -2.42. The quantitative estimate of drug-likeness (QED) is 0.791. The third-order valence-electron chi connectivity index (χ3n) is 6.33. The van der Waals surface area contributed by atoms with Crippen molar-refractivity contribution in [1.82, 2.24) is 4.90 Å². The topological polar surface area (TPSA) is 53.0 Å². The number of anilines is 1. The Bertz CT molecular complexity index is 933. The highest BCUT2D eigenvalue weighted by Gasteiger charge is 2.38. The van der Waals surface area contributed by atoms with E-state index in [9.17, 15) is 18.7 Å². The maximum atomic E-state index is 14.2. The molecule has 0 aromatic heterocycles. The monoisotopic (exact) mass is 430 g/mol. The van der Waals surface area contributed by atoms with Gasteiger partial charge in [-0.2, -0.15) is 0 Å². The first-order valence-electron chi connectivity index (χ1n) is 10.8. The first-order chi connectivity index (χ1) is 15.0. The molecule has 0 radical (unpaired) electrons. The van der Waals surface area contributed by atoms with E-state index >= 15 is 0 Å². The van der Waals surface area contributed by atoms with Gasteiger partial charge in [-0.05, 0) is 49.1 Å². The van der Waals surface area contributed by atoms with Crippen molar-refractivity contribution in [2.45, 2.75) is 19.3 Å². The number of halogens is 2. The van der Waals surface area contributed by atoms with Crippen LogP contribution in [0.5, 0.6) is 0 Å². The summed E-state index contributed by atoms with van der Waals surface area (Å²) in [6, 6.07) is 11.1. The molecule has 0 aliphatic carbocycles. The summed E-state index contributed by atoms with van der Waals surface area (Å²) in [5, 5.41) is 10.2. The molecule has 4 rings (SSSR count). The number of amides is 1. The number of aliphatic hydroxyl groups is 1. The summed E-state index contributed by atoms with van der Waals surface area (Å²) in [6.07, 6.45) is 1.66. The minimum Gasteiger partial charge on any atom is -0.396 e. The zero-order valence-electron chi connectivity index (χ0n) is 17.5. The molecule has 2 fully saturated rings. The van der Waals surface area contributed by atoms with Crippen LogP contribution < -0.4 is 4.90 Å². The highest BCUT2D eigenvalue weighted by atomic mass is 19.1. The minimum atomic E-state index is -0.644. The molecule has 1 amide bonds. The van der Waals surface area contributed by atoms with Gasteiger partial charge in [-0.3, -0.25) is 4.79 Å². The Kier molecular flexibility index (Phi) is 6.53. The van der Waals surface area contributed by atoms with Gasteiger partial charge < -0.3 is 19.6 Å². The zero-order chi connectivity index (χ0) is 21.8. The molecular weight excluding hydrogens is 402 g/mol. The molecule has 2 aromatic rings. The molecule has 0 bridgehead atoms. The average Bonchev–Trinajstić information content (AvgIpc) is 2.81. The Hall–Kier alpha value is -2.51. The SMILES string of the molecule is O=C(c1cccc(N2CCOCC2)c1)N1CCC[C@@](CO)(Cc2ccc(F)cc2F)C1. The van der Waals surface area contributed by atoms with Gasteiger partial charge in [-0.15, -0.1) is 0 Å². The molecule has 0 unspecified atom stereocenters. The lowest BCUT2D eigenvalue weighted by atomic mass is 9.75. The standard InChI is InChI=1S/C24H28F2N2O3/c25-20-6-5-19(22(26)14-20)15-24(17-29)7-2-8-28(16-24)23(30)18-3-1-4-21(13-18)27-9-11-31-12-10-27/h1,3-6,13-14,29H,2,7-12,15-17H2/t24-/m1/s1. The van der Waals surface area contributed by atoms with E-state index < -0.39 is 17.0 Å². The number of likely N-dealkylation sites (tertiary alicyclic amines) is 1. The maximum Gasteiger partial charge on any atom is 0.253 e. The summed E-state index contributed by atoms with van der Waals surface area (Å²) in [5.41, 5.74) is 1.31. The molecule has 0 saturated carbocycles. The molecular formula is C24H28F2N2O3. The molecule has 2 aromatic carbocycles. The van der Waals surface area contributed by atoms with E-state index in [2.05, 4.69) is 4.90 Å². The maximum absolute atomic E-state index is 14.2. The first kappa shape index (κ1) is 21.7. The first-order valence-corrected chi connectivity index (χ1v) is 10.8. The number of carbonyl (C=O) groups is 1. The second-order valence-corrected chi connectivity index (χ2v) is 8.55. The number of hydrogen-bond donors (Lipinski definition) is 1. The highest BCUT2D eigenvalue weighted by molar-refractivity contribution is 5.95. The van der Waals surface area contributed by atoms with Gasteiger partial charge in [0.15, 0.2) is 0 Å².